The van der Waals surface area contributed by atoms with Gasteiger partial charge in [-0.15, -0.1) is 0 Å². The molecule has 3 rings (SSSR count). The maximum absolute atomic E-state index is 12.4. The molecule has 2 aromatic rings. The zero-order chi connectivity index (χ0) is 23.3. The Morgan fingerprint density at radius 1 is 1.03 bits per heavy atom. The number of aliphatic hydroxyl groups excluding tert-OH is 1. The smallest absolute Gasteiger partial charge is 0.407 e. The molecule has 0 spiro atoms. The van der Waals surface area contributed by atoms with Gasteiger partial charge < -0.3 is 25.6 Å². The lowest BCUT2D eigenvalue weighted by Gasteiger charge is -2.24. The van der Waals surface area contributed by atoms with Crippen molar-refractivity contribution in [3.8, 4) is 11.1 Å². The topological polar surface area (TPSA) is 125 Å². The van der Waals surface area contributed by atoms with Crippen LogP contribution in [-0.4, -0.2) is 54.0 Å². The molecule has 1 aliphatic rings. The van der Waals surface area contributed by atoms with Crippen molar-refractivity contribution in [3.63, 3.8) is 0 Å². The first-order valence-electron chi connectivity index (χ1n) is 10.4. The fraction of sp³-hybridized carbons (Fsp3) is 0.375. The number of hydrogen-bond donors (Lipinski definition) is 4. The molecule has 0 bridgehead atoms. The molecular weight excluding hydrogens is 412 g/mol. The van der Waals surface area contributed by atoms with Crippen LogP contribution in [0.15, 0.2) is 48.5 Å². The first kappa shape index (κ1) is 23.3. The molecule has 1 aliphatic carbocycles. The second-order valence-electron chi connectivity index (χ2n) is 8.66. The summed E-state index contributed by atoms with van der Waals surface area (Å²) in [5, 5.41) is 23.4. The van der Waals surface area contributed by atoms with Gasteiger partial charge in [-0.2, -0.15) is 0 Å². The van der Waals surface area contributed by atoms with Gasteiger partial charge in [-0.3, -0.25) is 9.59 Å². The van der Waals surface area contributed by atoms with Crippen molar-refractivity contribution in [2.75, 3.05) is 19.8 Å². The number of carboxylic acid groups (broad SMARTS) is 1. The number of alkyl carbamates (subject to hydrolysis) is 1. The van der Waals surface area contributed by atoms with Gasteiger partial charge in [0, 0.05) is 24.5 Å². The van der Waals surface area contributed by atoms with Gasteiger partial charge in [-0.05, 0) is 22.3 Å². The fourth-order valence-corrected chi connectivity index (χ4v) is 3.67. The predicted molar refractivity (Wildman–Crippen MR) is 118 cm³/mol. The Morgan fingerprint density at radius 3 is 2.12 bits per heavy atom. The number of benzene rings is 2. The number of hydrogen-bond acceptors (Lipinski definition) is 5. The Hall–Kier alpha value is -3.39. The molecule has 1 unspecified atom stereocenters. The van der Waals surface area contributed by atoms with E-state index in [1.54, 1.807) is 13.8 Å². The van der Waals surface area contributed by atoms with Gasteiger partial charge in [0.15, 0.2) is 0 Å². The van der Waals surface area contributed by atoms with Crippen LogP contribution in [0.25, 0.3) is 11.1 Å². The maximum Gasteiger partial charge on any atom is 0.407 e. The lowest BCUT2D eigenvalue weighted by atomic mass is 9.95. The van der Waals surface area contributed by atoms with E-state index in [1.807, 2.05) is 48.5 Å². The molecular formula is C24H28N2O6. The van der Waals surface area contributed by atoms with Crippen LogP contribution in [0, 0.1) is 5.41 Å². The molecule has 0 aliphatic heterocycles. The molecule has 4 N–H and O–H groups in total. The molecule has 0 fully saturated rings. The minimum absolute atomic E-state index is 0.0544. The van der Waals surface area contributed by atoms with Gasteiger partial charge in [0.05, 0.1) is 6.42 Å². The lowest BCUT2D eigenvalue weighted by Crippen LogP contribution is -2.50. The second kappa shape index (κ2) is 9.82. The van der Waals surface area contributed by atoms with Crippen LogP contribution < -0.4 is 10.6 Å². The zero-order valence-corrected chi connectivity index (χ0v) is 18.1. The van der Waals surface area contributed by atoms with Crippen LogP contribution in [0.3, 0.4) is 0 Å². The highest BCUT2D eigenvalue weighted by atomic mass is 16.5. The van der Waals surface area contributed by atoms with Crippen molar-refractivity contribution in [2.45, 2.75) is 32.2 Å². The normalized spacial score (nSPS) is 13.6. The third kappa shape index (κ3) is 5.45. The van der Waals surface area contributed by atoms with Gasteiger partial charge >= 0.3 is 12.1 Å². The van der Waals surface area contributed by atoms with Gasteiger partial charge in [0.1, 0.15) is 12.6 Å². The highest BCUT2D eigenvalue weighted by Gasteiger charge is 2.30. The highest BCUT2D eigenvalue weighted by molar-refractivity contribution is 5.89. The zero-order valence-electron chi connectivity index (χ0n) is 18.1. The van der Waals surface area contributed by atoms with E-state index in [9.17, 15) is 19.5 Å². The Morgan fingerprint density at radius 2 is 1.59 bits per heavy atom. The van der Waals surface area contributed by atoms with Crippen molar-refractivity contribution in [2.24, 2.45) is 5.41 Å². The molecule has 32 heavy (non-hydrogen) atoms. The van der Waals surface area contributed by atoms with Gasteiger partial charge in [0.25, 0.3) is 0 Å². The number of fused-ring (bicyclic) bond motifs is 3. The second-order valence-corrected chi connectivity index (χ2v) is 8.66. The molecule has 0 heterocycles. The Kier molecular flexibility index (Phi) is 7.15. The minimum Gasteiger partial charge on any atom is -0.481 e. The van der Waals surface area contributed by atoms with E-state index in [-0.39, 0.29) is 25.7 Å². The summed E-state index contributed by atoms with van der Waals surface area (Å²) in [5.41, 5.74) is 3.70. The van der Waals surface area contributed by atoms with Crippen molar-refractivity contribution in [1.29, 1.82) is 0 Å². The molecule has 0 saturated carbocycles. The van der Waals surface area contributed by atoms with Gasteiger partial charge in [-0.1, -0.05) is 62.4 Å². The standard InChI is InChI=1S/C24H28N2O6/c1-24(2,14-27)13-25-22(30)20(11-21(28)29)26-23(31)32-12-19-17-9-5-3-7-15(17)16-8-4-6-10-18(16)19/h3-10,19-20,27H,11-14H2,1-2H3,(H,25,30)(H,26,31)(H,28,29). The summed E-state index contributed by atoms with van der Waals surface area (Å²) in [6.45, 7) is 3.53. The number of rotatable bonds is 9. The molecule has 0 radical (unpaired) electrons. The molecule has 8 nitrogen and oxygen atoms in total. The molecule has 0 aromatic heterocycles. The molecule has 2 aromatic carbocycles. The summed E-state index contributed by atoms with van der Waals surface area (Å²) in [6, 6.07) is 14.5. The lowest BCUT2D eigenvalue weighted by molar-refractivity contribution is -0.139. The number of amides is 2. The Labute approximate surface area is 186 Å². The summed E-state index contributed by atoms with van der Waals surface area (Å²) < 4.78 is 5.41. The minimum atomic E-state index is -1.29. The SMILES string of the molecule is CC(C)(CO)CNC(=O)C(CC(=O)O)NC(=O)OCC1c2ccccc2-c2ccccc21. The molecule has 0 saturated heterocycles. The van der Waals surface area contributed by atoms with Crippen LogP contribution in [0.2, 0.25) is 0 Å². The number of aliphatic hydroxyl groups is 1. The average Bonchev–Trinajstić information content (AvgIpc) is 3.09. The van der Waals surface area contributed by atoms with Crippen molar-refractivity contribution in [1.82, 2.24) is 10.6 Å². The summed E-state index contributed by atoms with van der Waals surface area (Å²) >= 11 is 0. The molecule has 8 heteroatoms. The quantitative estimate of drug-likeness (QED) is 0.475. The monoisotopic (exact) mass is 440 g/mol. The van der Waals surface area contributed by atoms with E-state index in [2.05, 4.69) is 10.6 Å². The van der Waals surface area contributed by atoms with E-state index in [0.29, 0.717) is 0 Å². The molecule has 2 amide bonds. The summed E-state index contributed by atoms with van der Waals surface area (Å²) in [4.78, 5) is 36.1. The number of carboxylic acids is 1. The molecule has 1 atom stereocenters. The number of ether oxygens (including phenoxy) is 1. The Balaban J connectivity index is 1.64. The number of carbonyl (C=O) groups is 3. The van der Waals surface area contributed by atoms with E-state index in [0.717, 1.165) is 22.3 Å². The first-order chi connectivity index (χ1) is 15.2. The van der Waals surface area contributed by atoms with Crippen molar-refractivity contribution < 1.29 is 29.3 Å². The highest BCUT2D eigenvalue weighted by Crippen LogP contribution is 2.44. The van der Waals surface area contributed by atoms with E-state index < -0.39 is 35.8 Å². The van der Waals surface area contributed by atoms with E-state index in [1.165, 1.54) is 0 Å². The predicted octanol–water partition coefficient (Wildman–Crippen LogP) is 2.50. The fourth-order valence-electron chi connectivity index (χ4n) is 3.67. The Bertz CT molecular complexity index is 958. The number of aliphatic carboxylic acids is 1. The number of carbonyl (C=O) groups excluding carboxylic acids is 2. The third-order valence-electron chi connectivity index (χ3n) is 5.50. The first-order valence-corrected chi connectivity index (χ1v) is 10.4. The molecule has 170 valence electrons. The van der Waals surface area contributed by atoms with Crippen molar-refractivity contribution in [3.05, 3.63) is 59.7 Å². The van der Waals surface area contributed by atoms with Crippen LogP contribution >= 0.6 is 0 Å². The van der Waals surface area contributed by atoms with E-state index >= 15 is 0 Å². The summed E-state index contributed by atoms with van der Waals surface area (Å²) in [6.07, 6.45) is -1.45. The maximum atomic E-state index is 12.4. The van der Waals surface area contributed by atoms with Gasteiger partial charge in [0.2, 0.25) is 5.91 Å². The summed E-state index contributed by atoms with van der Waals surface area (Å²) in [7, 11) is 0. The number of nitrogens with one attached hydrogen (secondary N) is 2. The third-order valence-corrected chi connectivity index (χ3v) is 5.50. The summed E-state index contributed by atoms with van der Waals surface area (Å²) in [5.74, 6) is -2.03. The average molecular weight is 440 g/mol. The largest absolute Gasteiger partial charge is 0.481 e. The van der Waals surface area contributed by atoms with Crippen LogP contribution in [0.1, 0.15) is 37.3 Å². The van der Waals surface area contributed by atoms with Crippen molar-refractivity contribution >= 4 is 18.0 Å². The van der Waals surface area contributed by atoms with Crippen LogP contribution in [0.5, 0.6) is 0 Å². The van der Waals surface area contributed by atoms with Crippen LogP contribution in [-0.2, 0) is 14.3 Å². The van der Waals surface area contributed by atoms with Crippen LogP contribution in [0.4, 0.5) is 4.79 Å². The van der Waals surface area contributed by atoms with E-state index in [4.69, 9.17) is 9.84 Å². The van der Waals surface area contributed by atoms with Gasteiger partial charge in [-0.25, -0.2) is 4.79 Å².